The Labute approximate surface area is 160 Å². The number of anilines is 2. The monoisotopic (exact) mass is 444 g/mol. The van der Waals surface area contributed by atoms with E-state index in [0.717, 1.165) is 5.69 Å². The summed E-state index contributed by atoms with van der Waals surface area (Å²) < 4.78 is 31.7. The molecule has 0 fully saturated rings. The largest absolute Gasteiger partial charge is 0.494 e. The van der Waals surface area contributed by atoms with Crippen molar-refractivity contribution < 1.29 is 17.9 Å². The van der Waals surface area contributed by atoms with Crippen LogP contribution >= 0.6 is 15.9 Å². The summed E-state index contributed by atoms with van der Waals surface area (Å²) in [6.45, 7) is 5.51. The van der Waals surface area contributed by atoms with Gasteiger partial charge < -0.3 is 10.1 Å². The van der Waals surface area contributed by atoms with Gasteiger partial charge >= 0.3 is 0 Å². The Hall–Kier alpha value is -2.07. The molecular weight excluding hydrogens is 424 g/mol. The maximum absolute atomic E-state index is 12.5. The maximum atomic E-state index is 12.5. The summed E-state index contributed by atoms with van der Waals surface area (Å²) >= 11 is 3.39. The van der Waals surface area contributed by atoms with Crippen LogP contribution < -0.4 is 14.8 Å². The number of carbonyl (C=O) groups excluding carboxylic acids is 1. The molecule has 1 heterocycles. The van der Waals surface area contributed by atoms with Crippen molar-refractivity contribution in [1.29, 1.82) is 0 Å². The first kappa shape index (κ1) is 20.2. The first-order valence-electron chi connectivity index (χ1n) is 7.92. The second-order valence-corrected chi connectivity index (χ2v) is 8.63. The second-order valence-electron chi connectivity index (χ2n) is 5.83. The number of rotatable bonds is 7. The van der Waals surface area contributed by atoms with Crippen LogP contribution in [-0.4, -0.2) is 37.4 Å². The van der Waals surface area contributed by atoms with Gasteiger partial charge in [0, 0.05) is 11.8 Å². The molecule has 0 spiro atoms. The van der Waals surface area contributed by atoms with Crippen molar-refractivity contribution in [2.75, 3.05) is 22.9 Å². The van der Waals surface area contributed by atoms with Gasteiger partial charge in [-0.3, -0.25) is 14.6 Å². The van der Waals surface area contributed by atoms with E-state index in [9.17, 15) is 13.2 Å². The molecule has 142 valence electrons. The molecule has 0 bridgehead atoms. The SMILES string of the molecule is CCS(=O)(=O)Nc1ccc(NC(=O)c2n[nH]c(C(C)C)c2Br)cc1OC. The predicted molar refractivity (Wildman–Crippen MR) is 104 cm³/mol. The highest BCUT2D eigenvalue weighted by molar-refractivity contribution is 9.10. The van der Waals surface area contributed by atoms with E-state index in [1.165, 1.54) is 26.2 Å². The van der Waals surface area contributed by atoms with Gasteiger partial charge in [-0.15, -0.1) is 0 Å². The van der Waals surface area contributed by atoms with E-state index in [1.54, 1.807) is 6.07 Å². The molecule has 0 aliphatic rings. The van der Waals surface area contributed by atoms with E-state index in [1.807, 2.05) is 13.8 Å². The van der Waals surface area contributed by atoms with E-state index in [-0.39, 0.29) is 17.4 Å². The third-order valence-electron chi connectivity index (χ3n) is 3.63. The van der Waals surface area contributed by atoms with Crippen molar-refractivity contribution in [2.24, 2.45) is 0 Å². The van der Waals surface area contributed by atoms with Gasteiger partial charge in [0.2, 0.25) is 10.0 Å². The smallest absolute Gasteiger partial charge is 0.277 e. The zero-order valence-electron chi connectivity index (χ0n) is 14.9. The molecule has 0 aliphatic carbocycles. The summed E-state index contributed by atoms with van der Waals surface area (Å²) in [4.78, 5) is 12.5. The molecule has 26 heavy (non-hydrogen) atoms. The van der Waals surface area contributed by atoms with Crippen LogP contribution in [0.3, 0.4) is 0 Å². The van der Waals surface area contributed by atoms with Crippen LogP contribution in [0.5, 0.6) is 5.75 Å². The molecule has 0 unspecified atom stereocenters. The molecular formula is C16H21BrN4O4S. The summed E-state index contributed by atoms with van der Waals surface area (Å²) in [5.74, 6) is 0.0251. The minimum absolute atomic E-state index is 0.0555. The van der Waals surface area contributed by atoms with Crippen molar-refractivity contribution in [1.82, 2.24) is 10.2 Å². The number of H-pyrrole nitrogens is 1. The van der Waals surface area contributed by atoms with Crippen molar-refractivity contribution >= 4 is 43.2 Å². The van der Waals surface area contributed by atoms with Crippen LogP contribution in [-0.2, 0) is 10.0 Å². The number of nitrogens with zero attached hydrogens (tertiary/aromatic N) is 1. The quantitative estimate of drug-likeness (QED) is 0.605. The molecule has 10 heteroatoms. The number of amides is 1. The van der Waals surface area contributed by atoms with Crippen molar-refractivity contribution in [3.05, 3.63) is 34.1 Å². The van der Waals surface area contributed by atoms with Crippen LogP contribution in [0.1, 0.15) is 42.9 Å². The number of carbonyl (C=O) groups is 1. The summed E-state index contributed by atoms with van der Waals surface area (Å²) in [5, 5.41) is 9.61. The number of hydrogen-bond acceptors (Lipinski definition) is 5. The number of ether oxygens (including phenoxy) is 1. The third kappa shape index (κ3) is 4.55. The van der Waals surface area contributed by atoms with Crippen LogP contribution in [0.2, 0.25) is 0 Å². The van der Waals surface area contributed by atoms with Crippen molar-refractivity contribution in [3.63, 3.8) is 0 Å². The highest BCUT2D eigenvalue weighted by atomic mass is 79.9. The maximum Gasteiger partial charge on any atom is 0.277 e. The fraction of sp³-hybridized carbons (Fsp3) is 0.375. The van der Waals surface area contributed by atoms with Crippen molar-refractivity contribution in [2.45, 2.75) is 26.7 Å². The van der Waals surface area contributed by atoms with Gasteiger partial charge in [-0.25, -0.2) is 8.42 Å². The predicted octanol–water partition coefficient (Wildman–Crippen LogP) is 3.32. The Morgan fingerprint density at radius 3 is 2.62 bits per heavy atom. The molecule has 0 atom stereocenters. The Morgan fingerprint density at radius 2 is 2.08 bits per heavy atom. The Morgan fingerprint density at radius 1 is 1.38 bits per heavy atom. The molecule has 3 N–H and O–H groups in total. The number of hydrogen-bond donors (Lipinski definition) is 3. The first-order valence-corrected chi connectivity index (χ1v) is 10.4. The number of aromatic amines is 1. The lowest BCUT2D eigenvalue weighted by molar-refractivity contribution is 0.102. The van der Waals surface area contributed by atoms with Gasteiger partial charge in [-0.05, 0) is 40.9 Å². The standard InChI is InChI=1S/C16H21BrN4O4S/c1-5-26(23,24)21-11-7-6-10(8-12(11)25-4)18-16(22)15-13(17)14(9(2)3)19-20-15/h6-9,21H,5H2,1-4H3,(H,18,22)(H,19,20). The highest BCUT2D eigenvalue weighted by Crippen LogP contribution is 2.30. The summed E-state index contributed by atoms with van der Waals surface area (Å²) in [7, 11) is -2.01. The van der Waals surface area contributed by atoms with E-state index < -0.39 is 15.9 Å². The van der Waals surface area contributed by atoms with Gasteiger partial charge in [0.1, 0.15) is 5.75 Å². The van der Waals surface area contributed by atoms with Gasteiger partial charge in [0.25, 0.3) is 5.91 Å². The molecule has 2 aromatic rings. The minimum Gasteiger partial charge on any atom is -0.494 e. The van der Waals surface area contributed by atoms with Crippen LogP contribution in [0.25, 0.3) is 0 Å². The molecule has 1 aromatic carbocycles. The number of methoxy groups -OCH3 is 1. The highest BCUT2D eigenvalue weighted by Gasteiger charge is 2.20. The lowest BCUT2D eigenvalue weighted by atomic mass is 10.1. The summed E-state index contributed by atoms with van der Waals surface area (Å²) in [6.07, 6.45) is 0. The van der Waals surface area contributed by atoms with E-state index in [2.05, 4.69) is 36.2 Å². The van der Waals surface area contributed by atoms with Gasteiger partial charge in [0.05, 0.1) is 28.7 Å². The number of benzene rings is 1. The van der Waals surface area contributed by atoms with Gasteiger partial charge in [-0.1, -0.05) is 13.8 Å². The Bertz CT molecular complexity index is 909. The topological polar surface area (TPSA) is 113 Å². The number of halogens is 1. The number of sulfonamides is 1. The zero-order valence-corrected chi connectivity index (χ0v) is 17.3. The average Bonchev–Trinajstić information content (AvgIpc) is 2.97. The summed E-state index contributed by atoms with van der Waals surface area (Å²) in [5.41, 5.74) is 1.82. The average molecular weight is 445 g/mol. The molecule has 8 nitrogen and oxygen atoms in total. The Balaban J connectivity index is 2.23. The van der Waals surface area contributed by atoms with Crippen molar-refractivity contribution in [3.8, 4) is 5.75 Å². The zero-order chi connectivity index (χ0) is 19.5. The number of aromatic nitrogens is 2. The minimum atomic E-state index is -3.43. The Kier molecular flexibility index (Phi) is 6.30. The molecule has 0 radical (unpaired) electrons. The van der Waals surface area contributed by atoms with Crippen LogP contribution in [0.4, 0.5) is 11.4 Å². The van der Waals surface area contributed by atoms with Gasteiger partial charge in [-0.2, -0.15) is 5.10 Å². The molecule has 1 amide bonds. The fourth-order valence-electron chi connectivity index (χ4n) is 2.16. The molecule has 2 rings (SSSR count). The molecule has 0 aliphatic heterocycles. The van der Waals surface area contributed by atoms with E-state index in [4.69, 9.17) is 4.74 Å². The van der Waals surface area contributed by atoms with E-state index >= 15 is 0 Å². The van der Waals surface area contributed by atoms with Crippen LogP contribution in [0, 0.1) is 0 Å². The van der Waals surface area contributed by atoms with Crippen LogP contribution in [0.15, 0.2) is 22.7 Å². The first-order chi connectivity index (χ1) is 12.2. The summed E-state index contributed by atoms with van der Waals surface area (Å²) in [6, 6.07) is 4.65. The van der Waals surface area contributed by atoms with E-state index in [0.29, 0.717) is 21.6 Å². The second kappa shape index (κ2) is 8.09. The molecule has 1 aromatic heterocycles. The third-order valence-corrected chi connectivity index (χ3v) is 5.72. The number of nitrogens with one attached hydrogen (secondary N) is 3. The molecule has 0 saturated heterocycles. The normalized spacial score (nSPS) is 11.5. The lowest BCUT2D eigenvalue weighted by Crippen LogP contribution is -2.16. The molecule has 0 saturated carbocycles. The lowest BCUT2D eigenvalue weighted by Gasteiger charge is -2.13. The fourth-order valence-corrected chi connectivity index (χ4v) is 3.62. The van der Waals surface area contributed by atoms with Gasteiger partial charge in [0.15, 0.2) is 5.69 Å².